The van der Waals surface area contributed by atoms with E-state index in [4.69, 9.17) is 4.74 Å². The molecular formula is C17H19NO5S. The third-order valence-electron chi connectivity index (χ3n) is 6.45. The number of thiol groups is 1. The number of hydrogen-bond acceptors (Lipinski definition) is 6. The molecule has 0 unspecified atom stereocenters. The summed E-state index contributed by atoms with van der Waals surface area (Å²) in [6.45, 7) is 0.856. The van der Waals surface area contributed by atoms with Gasteiger partial charge >= 0.3 is 0 Å². The quantitative estimate of drug-likeness (QED) is 0.495. The summed E-state index contributed by atoms with van der Waals surface area (Å²) in [6.07, 6.45) is 4.00. The third-order valence-corrected chi connectivity index (χ3v) is 7.24. The molecule has 0 amide bonds. The van der Waals surface area contributed by atoms with E-state index in [0.29, 0.717) is 12.2 Å². The number of likely N-dealkylation sites (N-methyl/N-ethyl adjacent to an activating group) is 1. The molecule has 5 rings (SSSR count). The SMILES string of the molecule is CN1CC[C@]23c4c5c([SH](=O)=O)cc(O)c4O[C@H]2[C@@H](O)C=C[C@H]3[C@H]1C5. The molecule has 1 aromatic carbocycles. The van der Waals surface area contributed by atoms with Gasteiger partial charge in [-0.25, -0.2) is 8.42 Å². The molecule has 2 heterocycles. The Balaban J connectivity index is 1.89. The predicted octanol–water partition coefficient (Wildman–Crippen LogP) is 0.168. The molecule has 5 atom stereocenters. The summed E-state index contributed by atoms with van der Waals surface area (Å²) >= 11 is 0. The van der Waals surface area contributed by atoms with Gasteiger partial charge < -0.3 is 19.8 Å². The Morgan fingerprint density at radius 3 is 2.92 bits per heavy atom. The van der Waals surface area contributed by atoms with Gasteiger partial charge in [-0.1, -0.05) is 12.2 Å². The van der Waals surface area contributed by atoms with Crippen LogP contribution in [0.2, 0.25) is 0 Å². The van der Waals surface area contributed by atoms with Gasteiger partial charge in [-0.05, 0) is 32.0 Å². The number of piperidine rings is 1. The van der Waals surface area contributed by atoms with Gasteiger partial charge in [0.05, 0.1) is 4.90 Å². The molecule has 128 valence electrons. The number of hydrogen-bond donors (Lipinski definition) is 3. The van der Waals surface area contributed by atoms with Gasteiger partial charge in [0.1, 0.15) is 12.2 Å². The van der Waals surface area contributed by atoms with Crippen LogP contribution < -0.4 is 4.74 Å². The van der Waals surface area contributed by atoms with E-state index in [9.17, 15) is 18.6 Å². The molecule has 1 saturated heterocycles. The minimum absolute atomic E-state index is 0.143. The number of aromatic hydroxyl groups is 1. The Bertz CT molecular complexity index is 855. The fourth-order valence-corrected chi connectivity index (χ4v) is 6.12. The Hall–Kier alpha value is -1.57. The second-order valence-corrected chi connectivity index (χ2v) is 8.33. The molecule has 0 aromatic heterocycles. The minimum Gasteiger partial charge on any atom is -0.504 e. The van der Waals surface area contributed by atoms with Crippen molar-refractivity contribution in [2.45, 2.75) is 41.4 Å². The average molecular weight is 349 g/mol. The Labute approximate surface area is 141 Å². The molecule has 7 heteroatoms. The van der Waals surface area contributed by atoms with Gasteiger partial charge in [0.2, 0.25) is 0 Å². The Morgan fingerprint density at radius 1 is 1.38 bits per heavy atom. The van der Waals surface area contributed by atoms with E-state index in [-0.39, 0.29) is 22.6 Å². The summed E-state index contributed by atoms with van der Waals surface area (Å²) in [5.41, 5.74) is 1.13. The highest BCUT2D eigenvalue weighted by atomic mass is 32.2. The van der Waals surface area contributed by atoms with Crippen molar-refractivity contribution in [2.75, 3.05) is 13.6 Å². The topological polar surface area (TPSA) is 87.1 Å². The highest BCUT2D eigenvalue weighted by molar-refractivity contribution is 7.72. The maximum absolute atomic E-state index is 11.8. The molecule has 24 heavy (non-hydrogen) atoms. The van der Waals surface area contributed by atoms with E-state index < -0.39 is 28.3 Å². The van der Waals surface area contributed by atoms with E-state index in [1.165, 1.54) is 6.07 Å². The number of phenolic OH excluding ortho intramolecular Hbond substituents is 1. The molecule has 0 saturated carbocycles. The van der Waals surface area contributed by atoms with Crippen LogP contribution in [0.25, 0.3) is 0 Å². The number of likely N-dealkylation sites (tertiary alicyclic amines) is 1. The van der Waals surface area contributed by atoms with Crippen molar-refractivity contribution in [2.24, 2.45) is 5.92 Å². The first-order chi connectivity index (χ1) is 11.4. The van der Waals surface area contributed by atoms with Crippen molar-refractivity contribution >= 4 is 10.7 Å². The second kappa shape index (κ2) is 4.53. The summed E-state index contributed by atoms with van der Waals surface area (Å²) in [7, 11) is -0.747. The number of phenols is 1. The highest BCUT2D eigenvalue weighted by Gasteiger charge is 2.64. The number of nitrogens with zero attached hydrogens (tertiary/aromatic N) is 1. The summed E-state index contributed by atoms with van der Waals surface area (Å²) < 4.78 is 29.6. The minimum atomic E-state index is -2.81. The van der Waals surface area contributed by atoms with E-state index in [2.05, 4.69) is 18.0 Å². The molecule has 2 aliphatic heterocycles. The average Bonchev–Trinajstić information content (AvgIpc) is 2.89. The van der Waals surface area contributed by atoms with Crippen molar-refractivity contribution < 1.29 is 23.4 Å². The van der Waals surface area contributed by atoms with Crippen LogP contribution in [0, 0.1) is 5.92 Å². The molecule has 1 aromatic rings. The summed E-state index contributed by atoms with van der Waals surface area (Å²) in [5, 5.41) is 20.9. The first-order valence-electron chi connectivity index (χ1n) is 8.22. The van der Waals surface area contributed by atoms with Gasteiger partial charge in [0.15, 0.2) is 22.2 Å². The lowest BCUT2D eigenvalue weighted by atomic mass is 9.53. The third kappa shape index (κ3) is 1.51. The maximum atomic E-state index is 11.8. The molecule has 1 fully saturated rings. The van der Waals surface area contributed by atoms with Crippen LogP contribution >= 0.6 is 0 Å². The molecule has 2 N–H and O–H groups in total. The van der Waals surface area contributed by atoms with Gasteiger partial charge in [0, 0.05) is 29.0 Å². The van der Waals surface area contributed by atoms with E-state index in [1.807, 2.05) is 0 Å². The van der Waals surface area contributed by atoms with Gasteiger partial charge in [-0.3, -0.25) is 0 Å². The monoisotopic (exact) mass is 349 g/mol. The predicted molar refractivity (Wildman–Crippen MR) is 86.2 cm³/mol. The summed E-state index contributed by atoms with van der Waals surface area (Å²) in [4.78, 5) is 2.46. The number of aliphatic hydroxyl groups excluding tert-OH is 1. The number of aliphatic hydroxyl groups is 1. The smallest absolute Gasteiger partial charge is 0.168 e. The van der Waals surface area contributed by atoms with E-state index in [0.717, 1.165) is 24.1 Å². The second-order valence-electron chi connectivity index (χ2n) is 7.34. The molecule has 1 spiro atoms. The van der Waals surface area contributed by atoms with Crippen molar-refractivity contribution in [3.05, 3.63) is 29.3 Å². The first kappa shape index (κ1) is 14.7. The normalized spacial score (nSPS) is 39.0. The zero-order chi connectivity index (χ0) is 16.8. The summed E-state index contributed by atoms with van der Waals surface area (Å²) in [6, 6.07) is 1.47. The number of benzene rings is 1. The lowest BCUT2D eigenvalue weighted by molar-refractivity contribution is -0.0455. The zero-order valence-electron chi connectivity index (χ0n) is 13.2. The van der Waals surface area contributed by atoms with Gasteiger partial charge in [-0.15, -0.1) is 0 Å². The van der Waals surface area contributed by atoms with Crippen molar-refractivity contribution in [1.29, 1.82) is 0 Å². The van der Waals surface area contributed by atoms with Crippen LogP contribution in [-0.2, 0) is 22.5 Å². The molecule has 0 radical (unpaired) electrons. The fraction of sp³-hybridized carbons (Fsp3) is 0.529. The van der Waals surface area contributed by atoms with Crippen LogP contribution in [0.4, 0.5) is 0 Å². The van der Waals surface area contributed by atoms with Gasteiger partial charge in [-0.2, -0.15) is 0 Å². The summed E-state index contributed by atoms with van der Waals surface area (Å²) in [5.74, 6) is 0.374. The molecule has 2 bridgehead atoms. The lowest BCUT2D eigenvalue weighted by Gasteiger charge is -2.56. The molecule has 4 aliphatic rings. The van der Waals surface area contributed by atoms with Crippen LogP contribution in [-0.4, -0.2) is 55.4 Å². The Morgan fingerprint density at radius 2 is 2.17 bits per heavy atom. The first-order valence-corrected chi connectivity index (χ1v) is 9.40. The maximum Gasteiger partial charge on any atom is 0.168 e. The molecule has 6 nitrogen and oxygen atoms in total. The molecular weight excluding hydrogens is 330 g/mol. The van der Waals surface area contributed by atoms with Crippen LogP contribution in [0.1, 0.15) is 17.5 Å². The Kier molecular flexibility index (Phi) is 2.78. The van der Waals surface area contributed by atoms with Crippen molar-refractivity contribution in [3.63, 3.8) is 0 Å². The highest BCUT2D eigenvalue weighted by Crippen LogP contribution is 2.63. The zero-order valence-corrected chi connectivity index (χ0v) is 14.1. The molecule has 2 aliphatic carbocycles. The largest absolute Gasteiger partial charge is 0.504 e. The van der Waals surface area contributed by atoms with E-state index >= 15 is 0 Å². The number of ether oxygens (including phenoxy) is 1. The van der Waals surface area contributed by atoms with Crippen molar-refractivity contribution in [1.82, 2.24) is 4.90 Å². The van der Waals surface area contributed by atoms with Crippen molar-refractivity contribution in [3.8, 4) is 11.5 Å². The standard InChI is InChI=1S/C17H19NO5S/c1-18-5-4-17-9-2-3-11(19)16(17)23-15-12(20)7-13(24(21)22)8(14(15)17)6-10(9)18/h2-3,7,9-11,16,19-20,24H,4-6H2,1H3/t9-,10+,11-,16-,17-/m0/s1. The van der Waals surface area contributed by atoms with Gasteiger partial charge in [0.25, 0.3) is 0 Å². The fourth-order valence-electron chi connectivity index (χ4n) is 5.47. The lowest BCUT2D eigenvalue weighted by Crippen LogP contribution is -2.64. The van der Waals surface area contributed by atoms with Crippen LogP contribution in [0.15, 0.2) is 23.1 Å². The van der Waals surface area contributed by atoms with Crippen LogP contribution in [0.5, 0.6) is 11.5 Å². The van der Waals surface area contributed by atoms with Crippen LogP contribution in [0.3, 0.4) is 0 Å². The van der Waals surface area contributed by atoms with E-state index in [1.54, 1.807) is 6.08 Å². The number of rotatable bonds is 1.